The van der Waals surface area contributed by atoms with Gasteiger partial charge >= 0.3 is 0 Å². The molecule has 3 atom stereocenters. The molecule has 0 spiro atoms. The van der Waals surface area contributed by atoms with Crippen LogP contribution in [0.4, 0.5) is 0 Å². The van der Waals surface area contributed by atoms with E-state index in [9.17, 15) is 4.79 Å². The van der Waals surface area contributed by atoms with E-state index in [0.717, 1.165) is 12.8 Å². The second-order valence-corrected chi connectivity index (χ2v) is 6.24. The number of hydrogen-bond donors (Lipinski definition) is 1. The van der Waals surface area contributed by atoms with Crippen LogP contribution in [0.15, 0.2) is 0 Å². The lowest BCUT2D eigenvalue weighted by Crippen LogP contribution is -2.37. The fourth-order valence-electron chi connectivity index (χ4n) is 2.01. The van der Waals surface area contributed by atoms with Crippen LogP contribution in [0.1, 0.15) is 33.6 Å². The average Bonchev–Trinajstić information content (AvgIpc) is 2.60. The topological polar surface area (TPSA) is 38.3 Å². The molecule has 4 heteroatoms. The Kier molecular flexibility index (Phi) is 5.76. The van der Waals surface area contributed by atoms with E-state index in [1.165, 1.54) is 0 Å². The smallest absolute Gasteiger partial charge is 0.225 e. The molecule has 1 aliphatic heterocycles. The Morgan fingerprint density at radius 2 is 2.25 bits per heavy atom. The molecular weight excluding hydrogens is 270 g/mol. The highest BCUT2D eigenvalue weighted by Crippen LogP contribution is 2.20. The molecule has 1 heterocycles. The lowest BCUT2D eigenvalue weighted by atomic mass is 10.0. The zero-order chi connectivity index (χ0) is 12.1. The maximum absolute atomic E-state index is 11.8. The first-order chi connectivity index (χ1) is 7.50. The molecule has 0 aromatic rings. The summed E-state index contributed by atoms with van der Waals surface area (Å²) in [6, 6.07) is 0. The molecule has 1 amide bonds. The van der Waals surface area contributed by atoms with E-state index in [4.69, 9.17) is 4.74 Å². The zero-order valence-electron chi connectivity index (χ0n) is 10.3. The Morgan fingerprint density at radius 1 is 1.56 bits per heavy atom. The van der Waals surface area contributed by atoms with Gasteiger partial charge in [-0.1, -0.05) is 29.8 Å². The first kappa shape index (κ1) is 14.0. The van der Waals surface area contributed by atoms with Crippen molar-refractivity contribution in [2.45, 2.75) is 44.5 Å². The number of carbonyl (C=O) groups is 1. The van der Waals surface area contributed by atoms with E-state index < -0.39 is 0 Å². The van der Waals surface area contributed by atoms with Crippen molar-refractivity contribution in [3.8, 4) is 0 Å². The summed E-state index contributed by atoms with van der Waals surface area (Å²) < 4.78 is 5.39. The molecule has 0 radical (unpaired) electrons. The number of hydrogen-bond acceptors (Lipinski definition) is 2. The molecule has 1 N–H and O–H groups in total. The number of ether oxygens (including phenoxy) is 1. The minimum absolute atomic E-state index is 0.0405. The van der Waals surface area contributed by atoms with Gasteiger partial charge in [-0.05, 0) is 25.7 Å². The molecule has 0 aromatic heterocycles. The summed E-state index contributed by atoms with van der Waals surface area (Å²) in [6.07, 6.45) is 2.00. The van der Waals surface area contributed by atoms with Crippen molar-refractivity contribution in [3.05, 3.63) is 0 Å². The summed E-state index contributed by atoms with van der Waals surface area (Å²) in [5.41, 5.74) is 0. The molecule has 1 saturated heterocycles. The van der Waals surface area contributed by atoms with Crippen LogP contribution in [0.25, 0.3) is 0 Å². The fraction of sp³-hybridized carbons (Fsp3) is 0.917. The molecule has 1 rings (SSSR count). The molecular formula is C12H22BrNO2. The summed E-state index contributed by atoms with van der Waals surface area (Å²) in [6.45, 7) is 7.76. The van der Waals surface area contributed by atoms with Gasteiger partial charge in [-0.15, -0.1) is 0 Å². The standard InChI is InChI=1S/C12H22BrNO2/c1-8(2)6-10(13)7-14-12(15)11-4-5-16-9(11)3/h8-11H,4-7H2,1-3H3,(H,14,15). The Balaban J connectivity index is 2.24. The van der Waals surface area contributed by atoms with E-state index in [0.29, 0.717) is 23.9 Å². The maximum Gasteiger partial charge on any atom is 0.225 e. The maximum atomic E-state index is 11.8. The molecule has 1 fully saturated rings. The van der Waals surface area contributed by atoms with Crippen molar-refractivity contribution in [3.63, 3.8) is 0 Å². The van der Waals surface area contributed by atoms with Crippen LogP contribution >= 0.6 is 15.9 Å². The van der Waals surface area contributed by atoms with Crippen molar-refractivity contribution < 1.29 is 9.53 Å². The summed E-state index contributed by atoms with van der Waals surface area (Å²) in [5, 5.41) is 2.99. The molecule has 1 aliphatic rings. The predicted molar refractivity (Wildman–Crippen MR) is 68.7 cm³/mol. The molecule has 3 unspecified atom stereocenters. The molecule has 0 aromatic carbocycles. The SMILES string of the molecule is CC(C)CC(Br)CNC(=O)C1CCOC1C. The van der Waals surface area contributed by atoms with Crippen molar-refractivity contribution in [2.75, 3.05) is 13.2 Å². The normalized spacial score (nSPS) is 27.1. The van der Waals surface area contributed by atoms with Crippen molar-refractivity contribution in [2.24, 2.45) is 11.8 Å². The number of alkyl halides is 1. The molecule has 3 nitrogen and oxygen atoms in total. The molecule has 0 saturated carbocycles. The molecule has 94 valence electrons. The van der Waals surface area contributed by atoms with Gasteiger partial charge in [-0.3, -0.25) is 4.79 Å². The third-order valence-electron chi connectivity index (χ3n) is 2.94. The third-order valence-corrected chi connectivity index (χ3v) is 3.64. The van der Waals surface area contributed by atoms with Gasteiger partial charge in [0.15, 0.2) is 0 Å². The Labute approximate surface area is 106 Å². The molecule has 0 bridgehead atoms. The molecule has 16 heavy (non-hydrogen) atoms. The number of nitrogens with one attached hydrogen (secondary N) is 1. The summed E-state index contributed by atoms with van der Waals surface area (Å²) in [7, 11) is 0. The minimum atomic E-state index is 0.0405. The highest BCUT2D eigenvalue weighted by molar-refractivity contribution is 9.09. The van der Waals surface area contributed by atoms with Crippen LogP contribution in [0.2, 0.25) is 0 Å². The van der Waals surface area contributed by atoms with E-state index in [1.54, 1.807) is 0 Å². The van der Waals surface area contributed by atoms with E-state index in [-0.39, 0.29) is 17.9 Å². The van der Waals surface area contributed by atoms with Gasteiger partial charge in [0.25, 0.3) is 0 Å². The quantitative estimate of drug-likeness (QED) is 0.790. The first-order valence-corrected chi connectivity index (χ1v) is 6.95. The largest absolute Gasteiger partial charge is 0.378 e. The van der Waals surface area contributed by atoms with Crippen LogP contribution < -0.4 is 5.32 Å². The van der Waals surface area contributed by atoms with Crippen molar-refractivity contribution in [1.29, 1.82) is 0 Å². The van der Waals surface area contributed by atoms with Crippen molar-refractivity contribution >= 4 is 21.8 Å². The van der Waals surface area contributed by atoms with E-state index >= 15 is 0 Å². The highest BCUT2D eigenvalue weighted by Gasteiger charge is 2.30. The van der Waals surface area contributed by atoms with Crippen LogP contribution in [0.3, 0.4) is 0 Å². The van der Waals surface area contributed by atoms with Crippen molar-refractivity contribution in [1.82, 2.24) is 5.32 Å². The third kappa shape index (κ3) is 4.42. The van der Waals surface area contributed by atoms with Gasteiger partial charge in [-0.25, -0.2) is 0 Å². The van der Waals surface area contributed by atoms with Gasteiger partial charge in [0.2, 0.25) is 5.91 Å². The van der Waals surface area contributed by atoms with Crippen LogP contribution in [0, 0.1) is 11.8 Å². The van der Waals surface area contributed by atoms with Crippen LogP contribution in [0.5, 0.6) is 0 Å². The lowest BCUT2D eigenvalue weighted by molar-refractivity contribution is -0.126. The van der Waals surface area contributed by atoms with Crippen LogP contribution in [-0.4, -0.2) is 30.0 Å². The number of amides is 1. The number of rotatable bonds is 5. The van der Waals surface area contributed by atoms with E-state index in [1.807, 2.05) is 6.92 Å². The monoisotopic (exact) mass is 291 g/mol. The second kappa shape index (κ2) is 6.60. The summed E-state index contributed by atoms with van der Waals surface area (Å²) in [5.74, 6) is 0.826. The van der Waals surface area contributed by atoms with Crippen LogP contribution in [-0.2, 0) is 9.53 Å². The van der Waals surface area contributed by atoms with Gasteiger partial charge in [0, 0.05) is 18.0 Å². The first-order valence-electron chi connectivity index (χ1n) is 6.04. The Bertz CT molecular complexity index is 233. The average molecular weight is 292 g/mol. The molecule has 0 aliphatic carbocycles. The summed E-state index contributed by atoms with van der Waals surface area (Å²) >= 11 is 3.58. The number of halogens is 1. The fourth-order valence-corrected chi connectivity index (χ4v) is 2.92. The highest BCUT2D eigenvalue weighted by atomic mass is 79.9. The second-order valence-electron chi connectivity index (χ2n) is 4.94. The van der Waals surface area contributed by atoms with Gasteiger partial charge < -0.3 is 10.1 Å². The Hall–Kier alpha value is -0.0900. The van der Waals surface area contributed by atoms with Gasteiger partial charge in [0.05, 0.1) is 12.0 Å². The number of carbonyl (C=O) groups excluding carboxylic acids is 1. The van der Waals surface area contributed by atoms with Gasteiger partial charge in [0.1, 0.15) is 0 Å². The van der Waals surface area contributed by atoms with E-state index in [2.05, 4.69) is 35.1 Å². The zero-order valence-corrected chi connectivity index (χ0v) is 11.9. The predicted octanol–water partition coefficient (Wildman–Crippen LogP) is 2.34. The minimum Gasteiger partial charge on any atom is -0.378 e. The lowest BCUT2D eigenvalue weighted by Gasteiger charge is -2.17. The Morgan fingerprint density at radius 3 is 2.75 bits per heavy atom. The van der Waals surface area contributed by atoms with Gasteiger partial charge in [-0.2, -0.15) is 0 Å². The summed E-state index contributed by atoms with van der Waals surface area (Å²) in [4.78, 5) is 12.2.